The Morgan fingerprint density at radius 3 is 3.00 bits per heavy atom. The highest BCUT2D eigenvalue weighted by atomic mass is 35.5. The lowest BCUT2D eigenvalue weighted by atomic mass is 9.95. The van der Waals surface area contributed by atoms with Crippen LogP contribution in [0.15, 0.2) is 0 Å². The molecule has 11 heavy (non-hydrogen) atoms. The van der Waals surface area contributed by atoms with E-state index in [1.54, 1.807) is 0 Å². The minimum absolute atomic E-state index is 0.179. The van der Waals surface area contributed by atoms with Gasteiger partial charge in [-0.25, -0.2) is 0 Å². The molecule has 1 rings (SSSR count). The number of likely N-dealkylation sites (tertiary alicyclic amines) is 1. The maximum absolute atomic E-state index is 11.2. The number of Topliss-reactive ketones (excluding diaryl/α,β-unsaturated/α-hetero) is 1. The molecule has 0 bridgehead atoms. The molecule has 1 heterocycles. The van der Waals surface area contributed by atoms with Gasteiger partial charge >= 0.3 is 0 Å². The van der Waals surface area contributed by atoms with Crippen LogP contribution in [-0.2, 0) is 4.79 Å². The fourth-order valence-electron chi connectivity index (χ4n) is 1.54. The van der Waals surface area contributed by atoms with Crippen molar-refractivity contribution >= 4 is 17.4 Å². The predicted molar refractivity (Wildman–Crippen MR) is 45.9 cm³/mol. The van der Waals surface area contributed by atoms with Crippen LogP contribution in [0.25, 0.3) is 0 Å². The molecule has 1 saturated heterocycles. The van der Waals surface area contributed by atoms with Crippen molar-refractivity contribution in [3.8, 4) is 0 Å². The van der Waals surface area contributed by atoms with E-state index in [1.165, 1.54) is 0 Å². The van der Waals surface area contributed by atoms with Crippen LogP contribution in [0.2, 0.25) is 0 Å². The van der Waals surface area contributed by atoms with E-state index in [4.69, 9.17) is 11.6 Å². The lowest BCUT2D eigenvalue weighted by Crippen LogP contribution is -2.36. The highest BCUT2D eigenvalue weighted by Crippen LogP contribution is 2.16. The van der Waals surface area contributed by atoms with Crippen molar-refractivity contribution in [1.29, 1.82) is 0 Å². The van der Waals surface area contributed by atoms with Gasteiger partial charge in [0.2, 0.25) is 0 Å². The smallest absolute Gasteiger partial charge is 0.151 e. The summed E-state index contributed by atoms with van der Waals surface area (Å²) < 4.78 is 0. The topological polar surface area (TPSA) is 20.3 Å². The Balaban J connectivity index is 2.39. The SMILES string of the molecule is CN1CCCC(C(=O)CCl)C1. The van der Waals surface area contributed by atoms with Gasteiger partial charge in [0.25, 0.3) is 0 Å². The minimum atomic E-state index is 0.179. The number of rotatable bonds is 2. The van der Waals surface area contributed by atoms with Crippen molar-refractivity contribution in [2.75, 3.05) is 26.0 Å². The quantitative estimate of drug-likeness (QED) is 0.587. The first-order valence-corrected chi connectivity index (χ1v) is 4.54. The molecule has 1 fully saturated rings. The van der Waals surface area contributed by atoms with Crippen LogP contribution in [0, 0.1) is 5.92 Å². The van der Waals surface area contributed by atoms with Gasteiger partial charge in [-0.05, 0) is 26.4 Å². The van der Waals surface area contributed by atoms with Crippen LogP contribution < -0.4 is 0 Å². The highest BCUT2D eigenvalue weighted by molar-refractivity contribution is 6.27. The summed E-state index contributed by atoms with van der Waals surface area (Å²) >= 11 is 5.46. The Labute approximate surface area is 72.5 Å². The van der Waals surface area contributed by atoms with Gasteiger partial charge in [-0.1, -0.05) is 0 Å². The zero-order chi connectivity index (χ0) is 8.27. The van der Waals surface area contributed by atoms with E-state index in [9.17, 15) is 4.79 Å². The van der Waals surface area contributed by atoms with Gasteiger partial charge in [0.15, 0.2) is 5.78 Å². The molecule has 1 aliphatic heterocycles. The third-order valence-electron chi connectivity index (χ3n) is 2.21. The Morgan fingerprint density at radius 2 is 2.45 bits per heavy atom. The molecule has 3 heteroatoms. The van der Waals surface area contributed by atoms with Gasteiger partial charge in [-0.2, -0.15) is 0 Å². The molecule has 1 aliphatic rings. The molecule has 0 radical (unpaired) electrons. The second-order valence-electron chi connectivity index (χ2n) is 3.20. The van der Waals surface area contributed by atoms with Crippen molar-refractivity contribution in [2.45, 2.75) is 12.8 Å². The Kier molecular flexibility index (Phi) is 3.34. The molecule has 1 atom stereocenters. The van der Waals surface area contributed by atoms with E-state index in [1.807, 2.05) is 7.05 Å². The number of piperidine rings is 1. The Hall–Kier alpha value is -0.0800. The van der Waals surface area contributed by atoms with E-state index < -0.39 is 0 Å². The summed E-state index contributed by atoms with van der Waals surface area (Å²) in [5, 5.41) is 0. The van der Waals surface area contributed by atoms with E-state index in [2.05, 4.69) is 4.90 Å². The van der Waals surface area contributed by atoms with E-state index in [0.717, 1.165) is 25.9 Å². The van der Waals surface area contributed by atoms with Crippen molar-refractivity contribution in [2.24, 2.45) is 5.92 Å². The van der Waals surface area contributed by atoms with Crippen molar-refractivity contribution in [3.63, 3.8) is 0 Å². The lowest BCUT2D eigenvalue weighted by Gasteiger charge is -2.28. The molecule has 1 unspecified atom stereocenters. The van der Waals surface area contributed by atoms with Crippen LogP contribution >= 0.6 is 11.6 Å². The number of alkyl halides is 1. The summed E-state index contributed by atoms with van der Waals surface area (Å²) in [5.74, 6) is 0.586. The molecule has 0 saturated carbocycles. The number of hydrogen-bond donors (Lipinski definition) is 0. The number of ketones is 1. The van der Waals surface area contributed by atoms with Gasteiger partial charge in [-0.3, -0.25) is 4.79 Å². The molecule has 64 valence electrons. The molecular formula is C8H14ClNO. The number of nitrogens with zero attached hydrogens (tertiary/aromatic N) is 1. The van der Waals surface area contributed by atoms with Crippen LogP contribution in [0.4, 0.5) is 0 Å². The van der Waals surface area contributed by atoms with Crippen LogP contribution in [-0.4, -0.2) is 36.7 Å². The Morgan fingerprint density at radius 1 is 1.73 bits per heavy atom. The Bertz CT molecular complexity index is 149. The van der Waals surface area contributed by atoms with Crippen molar-refractivity contribution < 1.29 is 4.79 Å². The van der Waals surface area contributed by atoms with E-state index in [-0.39, 0.29) is 17.6 Å². The van der Waals surface area contributed by atoms with E-state index in [0.29, 0.717) is 0 Å². The summed E-state index contributed by atoms with van der Waals surface area (Å²) in [4.78, 5) is 13.3. The van der Waals surface area contributed by atoms with Crippen LogP contribution in [0.3, 0.4) is 0 Å². The van der Waals surface area contributed by atoms with Crippen molar-refractivity contribution in [1.82, 2.24) is 4.90 Å². The van der Waals surface area contributed by atoms with Crippen LogP contribution in [0.1, 0.15) is 12.8 Å². The molecule has 0 N–H and O–H groups in total. The summed E-state index contributed by atoms with van der Waals surface area (Å²) in [6.45, 7) is 2.01. The second kappa shape index (κ2) is 4.07. The third kappa shape index (κ3) is 2.46. The molecule has 0 aromatic heterocycles. The summed E-state index contributed by atoms with van der Waals surface area (Å²) in [6.07, 6.45) is 2.15. The molecular weight excluding hydrogens is 162 g/mol. The molecule has 0 aromatic rings. The van der Waals surface area contributed by atoms with Gasteiger partial charge in [0.1, 0.15) is 0 Å². The molecule has 0 amide bonds. The van der Waals surface area contributed by atoms with E-state index >= 15 is 0 Å². The normalized spacial score (nSPS) is 26.9. The van der Waals surface area contributed by atoms with Crippen molar-refractivity contribution in [3.05, 3.63) is 0 Å². The van der Waals surface area contributed by atoms with Gasteiger partial charge < -0.3 is 4.90 Å². The van der Waals surface area contributed by atoms with Gasteiger partial charge in [0, 0.05) is 12.5 Å². The first-order valence-electron chi connectivity index (χ1n) is 4.01. The predicted octanol–water partition coefficient (Wildman–Crippen LogP) is 1.14. The summed E-state index contributed by atoms with van der Waals surface area (Å²) in [7, 11) is 2.05. The molecule has 0 spiro atoms. The van der Waals surface area contributed by atoms with Gasteiger partial charge in [0.05, 0.1) is 5.88 Å². The lowest BCUT2D eigenvalue weighted by molar-refractivity contribution is -0.121. The molecule has 0 aliphatic carbocycles. The second-order valence-corrected chi connectivity index (χ2v) is 3.47. The maximum atomic E-state index is 11.2. The standard InChI is InChI=1S/C8H14ClNO/c1-10-4-2-3-7(6-10)8(11)5-9/h7H,2-6H2,1H3. The fraction of sp³-hybridized carbons (Fsp3) is 0.875. The maximum Gasteiger partial charge on any atom is 0.151 e. The first-order chi connectivity index (χ1) is 5.24. The average Bonchev–Trinajstić information content (AvgIpc) is 2.03. The number of halogens is 1. The zero-order valence-corrected chi connectivity index (χ0v) is 7.60. The summed E-state index contributed by atoms with van der Waals surface area (Å²) in [5.41, 5.74) is 0. The zero-order valence-electron chi connectivity index (χ0n) is 6.85. The first kappa shape index (κ1) is 9.01. The number of carbonyl (C=O) groups excluding carboxylic acids is 1. The largest absolute Gasteiger partial charge is 0.306 e. The van der Waals surface area contributed by atoms with Crippen LogP contribution in [0.5, 0.6) is 0 Å². The number of carbonyl (C=O) groups is 1. The molecule has 0 aromatic carbocycles. The minimum Gasteiger partial charge on any atom is -0.306 e. The fourth-order valence-corrected chi connectivity index (χ4v) is 1.76. The molecule has 2 nitrogen and oxygen atoms in total. The number of hydrogen-bond acceptors (Lipinski definition) is 2. The third-order valence-corrected chi connectivity index (χ3v) is 2.47. The summed E-state index contributed by atoms with van der Waals surface area (Å²) in [6, 6.07) is 0. The monoisotopic (exact) mass is 175 g/mol. The average molecular weight is 176 g/mol. The van der Waals surface area contributed by atoms with Gasteiger partial charge in [-0.15, -0.1) is 11.6 Å². The highest BCUT2D eigenvalue weighted by Gasteiger charge is 2.22.